The van der Waals surface area contributed by atoms with Crippen molar-refractivity contribution in [3.8, 4) is 0 Å². The highest BCUT2D eigenvalue weighted by Crippen LogP contribution is 2.36. The summed E-state index contributed by atoms with van der Waals surface area (Å²) in [7, 11) is -11.3. The van der Waals surface area contributed by atoms with E-state index in [9.17, 15) is 25.3 Å². The molecule has 2 aliphatic rings. The first-order chi connectivity index (χ1) is 16.0. The highest BCUT2D eigenvalue weighted by molar-refractivity contribution is 7.92. The molecule has 0 aliphatic carbocycles. The first kappa shape index (κ1) is 25.2. The zero-order valence-corrected chi connectivity index (χ0v) is 21.0. The fourth-order valence-electron chi connectivity index (χ4n) is 4.45. The van der Waals surface area contributed by atoms with E-state index >= 15 is 0 Å². The Balaban J connectivity index is 1.65. The lowest BCUT2D eigenvalue weighted by atomic mass is 9.97. The summed E-state index contributed by atoms with van der Waals surface area (Å²) in [6, 6.07) is 11.6. The highest BCUT2D eigenvalue weighted by Gasteiger charge is 2.45. The van der Waals surface area contributed by atoms with E-state index in [4.69, 9.17) is 5.73 Å². The van der Waals surface area contributed by atoms with Crippen LogP contribution in [0.15, 0.2) is 53.7 Å². The van der Waals surface area contributed by atoms with Crippen molar-refractivity contribution in [1.29, 1.82) is 0 Å². The third kappa shape index (κ3) is 5.34. The summed E-state index contributed by atoms with van der Waals surface area (Å²) in [5.41, 5.74) is 7.17. The SMILES string of the molecule is NCc1ccnc(S(=O)(=O)C[C@@H]2C[C@H](c3ccccc3)CN2S(=O)(=O)N2CCS(=O)(=O)CC2)c1. The van der Waals surface area contributed by atoms with Gasteiger partial charge in [0.05, 0.1) is 17.3 Å². The third-order valence-corrected chi connectivity index (χ3v) is 11.7. The number of aromatic nitrogens is 1. The van der Waals surface area contributed by atoms with Crippen LogP contribution in [-0.4, -0.2) is 81.8 Å². The largest absolute Gasteiger partial charge is 0.326 e. The van der Waals surface area contributed by atoms with Crippen LogP contribution in [0.5, 0.6) is 0 Å². The van der Waals surface area contributed by atoms with E-state index in [-0.39, 0.29) is 48.6 Å². The van der Waals surface area contributed by atoms with Gasteiger partial charge in [0, 0.05) is 38.4 Å². The number of sulfone groups is 2. The Kier molecular flexibility index (Phi) is 7.14. The summed E-state index contributed by atoms with van der Waals surface area (Å²) >= 11 is 0. The molecule has 4 rings (SSSR count). The minimum atomic E-state index is -4.07. The summed E-state index contributed by atoms with van der Waals surface area (Å²) in [6.07, 6.45) is 1.70. The summed E-state index contributed by atoms with van der Waals surface area (Å²) in [5.74, 6) is -1.11. The van der Waals surface area contributed by atoms with Gasteiger partial charge < -0.3 is 5.73 Å². The van der Waals surface area contributed by atoms with Crippen molar-refractivity contribution in [3.05, 3.63) is 59.8 Å². The molecule has 34 heavy (non-hydrogen) atoms. The van der Waals surface area contributed by atoms with Crippen LogP contribution in [0.3, 0.4) is 0 Å². The van der Waals surface area contributed by atoms with Crippen molar-refractivity contribution in [2.24, 2.45) is 5.73 Å². The predicted octanol–water partition coefficient (Wildman–Crippen LogP) is 0.147. The fourth-order valence-corrected chi connectivity index (χ4v) is 9.37. The predicted molar refractivity (Wildman–Crippen MR) is 128 cm³/mol. The van der Waals surface area contributed by atoms with Crippen LogP contribution >= 0.6 is 0 Å². The second-order valence-corrected chi connectivity index (χ2v) is 14.8. The third-order valence-electron chi connectivity index (χ3n) is 6.33. The zero-order valence-electron chi connectivity index (χ0n) is 18.5. The smallest absolute Gasteiger partial charge is 0.282 e. The van der Waals surface area contributed by atoms with Gasteiger partial charge in [-0.25, -0.2) is 21.8 Å². The van der Waals surface area contributed by atoms with Gasteiger partial charge in [-0.3, -0.25) is 0 Å². The number of pyridine rings is 1. The summed E-state index contributed by atoms with van der Waals surface area (Å²) in [6.45, 7) is -0.0115. The molecule has 0 bridgehead atoms. The molecule has 2 atom stereocenters. The van der Waals surface area contributed by atoms with Gasteiger partial charge in [-0.15, -0.1) is 0 Å². The Morgan fingerprint density at radius 1 is 1.03 bits per heavy atom. The topological polar surface area (TPSA) is 148 Å². The van der Waals surface area contributed by atoms with Gasteiger partial charge in [0.2, 0.25) is 0 Å². The first-order valence-corrected chi connectivity index (χ1v) is 15.8. The Morgan fingerprint density at radius 2 is 1.71 bits per heavy atom. The maximum atomic E-state index is 13.5. The van der Waals surface area contributed by atoms with Crippen LogP contribution in [-0.2, 0) is 36.4 Å². The molecule has 2 aromatic rings. The number of rotatable bonds is 7. The molecule has 3 heterocycles. The van der Waals surface area contributed by atoms with Crippen molar-refractivity contribution in [3.63, 3.8) is 0 Å². The molecule has 0 radical (unpaired) electrons. The normalized spacial score (nSPS) is 24.3. The molecule has 0 unspecified atom stereocenters. The number of benzene rings is 1. The standard InChI is InChI=1S/C21H28N4O6S3/c22-14-17-6-7-23-21(12-17)33(28,29)16-20-13-19(18-4-2-1-3-5-18)15-25(20)34(30,31)24-8-10-32(26,27)11-9-24/h1-7,12,19-20H,8-11,13-16,22H2/t19-,20-/m0/s1. The van der Waals surface area contributed by atoms with Gasteiger partial charge in [0.15, 0.2) is 24.7 Å². The monoisotopic (exact) mass is 528 g/mol. The van der Waals surface area contributed by atoms with Gasteiger partial charge in [-0.2, -0.15) is 17.0 Å². The molecule has 1 aromatic carbocycles. The van der Waals surface area contributed by atoms with Gasteiger partial charge in [0.25, 0.3) is 10.2 Å². The lowest BCUT2D eigenvalue weighted by Crippen LogP contribution is -2.52. The molecule has 186 valence electrons. The number of hydrogen-bond acceptors (Lipinski definition) is 8. The van der Waals surface area contributed by atoms with Crippen molar-refractivity contribution in [2.75, 3.05) is 36.9 Å². The molecule has 0 spiro atoms. The number of nitrogens with two attached hydrogens (primary N) is 1. The molecule has 2 N–H and O–H groups in total. The Labute approximate surface area is 200 Å². The van der Waals surface area contributed by atoms with Crippen LogP contribution in [0.1, 0.15) is 23.5 Å². The van der Waals surface area contributed by atoms with Crippen molar-refractivity contribution < 1.29 is 25.3 Å². The van der Waals surface area contributed by atoms with Crippen molar-refractivity contribution >= 4 is 29.9 Å². The maximum Gasteiger partial charge on any atom is 0.282 e. The van der Waals surface area contributed by atoms with Crippen LogP contribution in [0.25, 0.3) is 0 Å². The zero-order chi connectivity index (χ0) is 24.6. The molecule has 1 aromatic heterocycles. The Morgan fingerprint density at radius 3 is 2.35 bits per heavy atom. The second-order valence-electron chi connectivity index (χ2n) is 8.61. The van der Waals surface area contributed by atoms with Gasteiger partial charge in [-0.05, 0) is 35.6 Å². The molecular weight excluding hydrogens is 500 g/mol. The van der Waals surface area contributed by atoms with E-state index < -0.39 is 41.7 Å². The second kappa shape index (κ2) is 9.63. The summed E-state index contributed by atoms with van der Waals surface area (Å²) in [5, 5.41) is -0.139. The lowest BCUT2D eigenvalue weighted by molar-refractivity contribution is 0.341. The molecule has 0 amide bonds. The molecular formula is C21H28N4O6S3. The number of nitrogens with zero attached hydrogens (tertiary/aromatic N) is 3. The van der Waals surface area contributed by atoms with Crippen LogP contribution in [0.2, 0.25) is 0 Å². The van der Waals surface area contributed by atoms with E-state index in [1.54, 1.807) is 6.07 Å². The minimum absolute atomic E-state index is 0.117. The van der Waals surface area contributed by atoms with Gasteiger partial charge >= 0.3 is 0 Å². The molecule has 2 fully saturated rings. The van der Waals surface area contributed by atoms with Crippen LogP contribution in [0, 0.1) is 0 Å². The van der Waals surface area contributed by atoms with Crippen LogP contribution < -0.4 is 5.73 Å². The quantitative estimate of drug-likeness (QED) is 0.534. The van der Waals surface area contributed by atoms with Gasteiger partial charge in [-0.1, -0.05) is 30.3 Å². The highest BCUT2D eigenvalue weighted by atomic mass is 32.2. The van der Waals surface area contributed by atoms with Crippen molar-refractivity contribution in [2.45, 2.75) is 30.0 Å². The average Bonchev–Trinajstić information content (AvgIpc) is 3.23. The minimum Gasteiger partial charge on any atom is -0.326 e. The van der Waals surface area contributed by atoms with E-state index in [1.165, 1.54) is 16.6 Å². The number of hydrogen-bond donors (Lipinski definition) is 1. The average molecular weight is 529 g/mol. The van der Waals surface area contributed by atoms with E-state index in [0.29, 0.717) is 12.0 Å². The molecule has 2 aliphatic heterocycles. The summed E-state index contributed by atoms with van der Waals surface area (Å²) in [4.78, 5) is 3.98. The van der Waals surface area contributed by atoms with Crippen molar-refractivity contribution in [1.82, 2.24) is 13.6 Å². The van der Waals surface area contributed by atoms with Crippen LogP contribution in [0.4, 0.5) is 0 Å². The first-order valence-electron chi connectivity index (χ1n) is 10.9. The molecule has 0 saturated carbocycles. The fraction of sp³-hybridized carbons (Fsp3) is 0.476. The van der Waals surface area contributed by atoms with E-state index in [2.05, 4.69) is 4.98 Å². The van der Waals surface area contributed by atoms with Gasteiger partial charge in [0.1, 0.15) is 0 Å². The Hall–Kier alpha value is -1.90. The Bertz CT molecular complexity index is 1330. The molecule has 13 heteroatoms. The summed E-state index contributed by atoms with van der Waals surface area (Å²) < 4.78 is 79.5. The molecule has 2 saturated heterocycles. The van der Waals surface area contributed by atoms with E-state index in [0.717, 1.165) is 9.87 Å². The van der Waals surface area contributed by atoms with E-state index in [1.807, 2.05) is 30.3 Å². The molecule has 10 nitrogen and oxygen atoms in total. The lowest BCUT2D eigenvalue weighted by Gasteiger charge is -2.32. The maximum absolute atomic E-state index is 13.5.